The molecule has 1 aromatic rings. The van der Waals surface area contributed by atoms with Crippen molar-refractivity contribution in [1.82, 2.24) is 5.32 Å². The van der Waals surface area contributed by atoms with E-state index in [0.29, 0.717) is 5.75 Å². The van der Waals surface area contributed by atoms with Gasteiger partial charge in [0.15, 0.2) is 12.2 Å². The Bertz CT molecular complexity index is 813. The molecule has 1 amide bonds. The number of nitrogens with one attached hydrogen (secondary N) is 1. The number of amides is 1. The predicted molar refractivity (Wildman–Crippen MR) is 109 cm³/mol. The van der Waals surface area contributed by atoms with Gasteiger partial charge in [0.25, 0.3) is 0 Å². The molecule has 0 bridgehead atoms. The van der Waals surface area contributed by atoms with E-state index >= 15 is 0 Å². The number of benzene rings is 1. The maximum atomic E-state index is 11.9. The minimum absolute atomic E-state index is 0.294. The van der Waals surface area contributed by atoms with Crippen LogP contribution >= 0.6 is 15.9 Å². The fourth-order valence-corrected chi connectivity index (χ4v) is 3.30. The predicted octanol–water partition coefficient (Wildman–Crippen LogP) is 1.48. The summed E-state index contributed by atoms with van der Waals surface area (Å²) in [6.45, 7) is 4.54. The summed E-state index contributed by atoms with van der Waals surface area (Å²) >= 11 is 3.33. The first kappa shape index (κ1) is 24.6. The van der Waals surface area contributed by atoms with Crippen LogP contribution in [0.1, 0.15) is 27.7 Å². The average molecular weight is 502 g/mol. The van der Waals surface area contributed by atoms with Gasteiger partial charge in [-0.1, -0.05) is 15.9 Å². The molecule has 170 valence electrons. The van der Waals surface area contributed by atoms with Crippen molar-refractivity contribution in [1.29, 1.82) is 0 Å². The van der Waals surface area contributed by atoms with Gasteiger partial charge in [0.05, 0.1) is 0 Å². The molecule has 1 fully saturated rings. The first-order valence-electron chi connectivity index (χ1n) is 9.39. The summed E-state index contributed by atoms with van der Waals surface area (Å²) in [4.78, 5) is 46.7. The highest BCUT2D eigenvalue weighted by molar-refractivity contribution is 9.10. The van der Waals surface area contributed by atoms with Gasteiger partial charge in [-0.15, -0.1) is 0 Å². The van der Waals surface area contributed by atoms with E-state index in [2.05, 4.69) is 21.2 Å². The van der Waals surface area contributed by atoms with Crippen molar-refractivity contribution >= 4 is 39.7 Å². The summed E-state index contributed by atoms with van der Waals surface area (Å²) in [6.07, 6.45) is -4.51. The van der Waals surface area contributed by atoms with Gasteiger partial charge in [0.1, 0.15) is 24.5 Å². The van der Waals surface area contributed by atoms with Crippen LogP contribution < -0.4 is 10.1 Å². The number of rotatable bonds is 7. The first-order valence-corrected chi connectivity index (χ1v) is 10.2. The number of ether oxygens (including phenoxy) is 5. The van der Waals surface area contributed by atoms with Crippen molar-refractivity contribution in [3.63, 3.8) is 0 Å². The Labute approximate surface area is 187 Å². The fourth-order valence-electron chi connectivity index (χ4n) is 3.04. The Hall–Kier alpha value is -2.66. The lowest BCUT2D eigenvalue weighted by molar-refractivity contribution is -0.257. The van der Waals surface area contributed by atoms with E-state index in [4.69, 9.17) is 23.7 Å². The van der Waals surface area contributed by atoms with Crippen molar-refractivity contribution in [3.05, 3.63) is 28.7 Å². The summed E-state index contributed by atoms with van der Waals surface area (Å²) in [5.74, 6) is -1.97. The van der Waals surface area contributed by atoms with E-state index < -0.39 is 54.5 Å². The molecule has 1 heterocycles. The molecule has 11 heteroatoms. The van der Waals surface area contributed by atoms with E-state index in [0.717, 1.165) is 4.47 Å². The van der Waals surface area contributed by atoms with Gasteiger partial charge in [-0.2, -0.15) is 0 Å². The minimum Gasteiger partial charge on any atom is -0.463 e. The molecule has 0 radical (unpaired) electrons. The number of halogens is 1. The zero-order valence-electron chi connectivity index (χ0n) is 17.5. The number of hydrogen-bond donors (Lipinski definition) is 1. The molecule has 1 aliphatic rings. The topological polar surface area (TPSA) is 126 Å². The maximum Gasteiger partial charge on any atom is 0.303 e. The molecule has 2 rings (SSSR count). The van der Waals surface area contributed by atoms with E-state index in [1.54, 1.807) is 24.3 Å². The highest BCUT2D eigenvalue weighted by Gasteiger charge is 2.51. The highest BCUT2D eigenvalue weighted by atomic mass is 79.9. The molecule has 0 aliphatic carbocycles. The van der Waals surface area contributed by atoms with Crippen LogP contribution in [-0.2, 0) is 38.1 Å². The molecule has 1 aliphatic heterocycles. The number of carbonyl (C=O) groups excluding carboxylic acids is 4. The lowest BCUT2D eigenvalue weighted by Crippen LogP contribution is -2.67. The van der Waals surface area contributed by atoms with Crippen LogP contribution in [0.3, 0.4) is 0 Å². The molecule has 0 saturated carbocycles. The molecule has 1 N–H and O–H groups in total. The average Bonchev–Trinajstić information content (AvgIpc) is 2.65. The molecule has 31 heavy (non-hydrogen) atoms. The molecule has 0 aromatic heterocycles. The molecule has 0 unspecified atom stereocenters. The molecular weight excluding hydrogens is 478 g/mol. The first-order chi connectivity index (χ1) is 14.6. The number of carbonyl (C=O) groups is 4. The maximum absolute atomic E-state index is 11.9. The van der Waals surface area contributed by atoms with Crippen molar-refractivity contribution in [2.75, 3.05) is 6.61 Å². The van der Waals surface area contributed by atoms with Crippen LogP contribution in [0.15, 0.2) is 28.7 Å². The Morgan fingerprint density at radius 3 is 2.03 bits per heavy atom. The summed E-state index contributed by atoms with van der Waals surface area (Å²) in [5, 5.41) is 2.63. The third-order valence-corrected chi connectivity index (χ3v) is 4.67. The highest BCUT2D eigenvalue weighted by Crippen LogP contribution is 2.29. The van der Waals surface area contributed by atoms with Gasteiger partial charge in [-0.25, -0.2) is 0 Å². The Kier molecular flexibility index (Phi) is 8.81. The van der Waals surface area contributed by atoms with Crippen LogP contribution in [0.25, 0.3) is 0 Å². The second kappa shape index (κ2) is 11.1. The molecule has 10 nitrogen and oxygen atoms in total. The van der Waals surface area contributed by atoms with Crippen LogP contribution in [-0.4, -0.2) is 61.1 Å². The summed E-state index contributed by atoms with van der Waals surface area (Å²) in [5.41, 5.74) is 0. The fraction of sp³-hybridized carbons (Fsp3) is 0.500. The smallest absolute Gasteiger partial charge is 0.303 e. The standard InChI is InChI=1S/C20H24BrNO9/c1-10(23)22-17-19(29-13(4)26)18(28-12(3)25)16(9-27-11(2)24)31-20(17)30-15-7-5-14(21)6-8-15/h5-8,16-20H,9H2,1-4H3,(H,22,23)/t16-,17-,18+,19-,20-/m0/s1. The molecule has 1 aromatic carbocycles. The largest absolute Gasteiger partial charge is 0.463 e. The zero-order valence-corrected chi connectivity index (χ0v) is 19.0. The normalized spacial score (nSPS) is 25.1. The zero-order chi connectivity index (χ0) is 23.1. The lowest BCUT2D eigenvalue weighted by Gasteiger charge is -2.44. The van der Waals surface area contributed by atoms with Crippen LogP contribution in [0.2, 0.25) is 0 Å². The monoisotopic (exact) mass is 501 g/mol. The van der Waals surface area contributed by atoms with Crippen LogP contribution in [0, 0.1) is 0 Å². The van der Waals surface area contributed by atoms with Crippen molar-refractivity contribution in [2.45, 2.75) is 58.3 Å². The van der Waals surface area contributed by atoms with Crippen LogP contribution in [0.4, 0.5) is 0 Å². The van der Waals surface area contributed by atoms with Gasteiger partial charge in [-0.05, 0) is 24.3 Å². The molecule has 0 spiro atoms. The Balaban J connectivity index is 2.43. The van der Waals surface area contributed by atoms with Gasteiger partial charge in [0, 0.05) is 32.2 Å². The number of esters is 3. The van der Waals surface area contributed by atoms with Crippen molar-refractivity contribution in [2.24, 2.45) is 0 Å². The second-order valence-corrected chi connectivity index (χ2v) is 7.71. The summed E-state index contributed by atoms with van der Waals surface area (Å²) in [7, 11) is 0. The SMILES string of the molecule is CC(=O)N[C@@H]1[C@@H](Oc2ccc(Br)cc2)O[C@@H](COC(C)=O)[C@@H](OC(C)=O)[C@H]1OC(C)=O. The third-order valence-electron chi connectivity index (χ3n) is 4.14. The van der Waals surface area contributed by atoms with Gasteiger partial charge >= 0.3 is 17.9 Å². The number of hydrogen-bond acceptors (Lipinski definition) is 9. The summed E-state index contributed by atoms with van der Waals surface area (Å²) in [6, 6.07) is 5.79. The van der Waals surface area contributed by atoms with E-state index in [1.807, 2.05) is 0 Å². The molecule has 1 saturated heterocycles. The molecule has 5 atom stereocenters. The third kappa shape index (κ3) is 7.51. The Morgan fingerprint density at radius 1 is 0.935 bits per heavy atom. The van der Waals surface area contributed by atoms with E-state index in [9.17, 15) is 19.2 Å². The van der Waals surface area contributed by atoms with Gasteiger partial charge < -0.3 is 29.0 Å². The van der Waals surface area contributed by atoms with Gasteiger partial charge in [-0.3, -0.25) is 19.2 Å². The van der Waals surface area contributed by atoms with Crippen LogP contribution in [0.5, 0.6) is 5.75 Å². The Morgan fingerprint density at radius 2 is 1.52 bits per heavy atom. The van der Waals surface area contributed by atoms with Crippen molar-refractivity contribution in [3.8, 4) is 5.75 Å². The second-order valence-electron chi connectivity index (χ2n) is 6.79. The minimum atomic E-state index is -1.17. The lowest BCUT2D eigenvalue weighted by atomic mass is 9.96. The van der Waals surface area contributed by atoms with Crippen molar-refractivity contribution < 1.29 is 42.9 Å². The summed E-state index contributed by atoms with van der Waals surface area (Å²) < 4.78 is 28.4. The van der Waals surface area contributed by atoms with E-state index in [-0.39, 0.29) is 6.61 Å². The molecular formula is C20H24BrNO9. The quantitative estimate of drug-likeness (QED) is 0.436. The van der Waals surface area contributed by atoms with E-state index in [1.165, 1.54) is 27.7 Å². The van der Waals surface area contributed by atoms with Gasteiger partial charge in [0.2, 0.25) is 12.2 Å².